The molecule has 6 heteroatoms. The summed E-state index contributed by atoms with van der Waals surface area (Å²) in [5, 5.41) is 0. The van der Waals surface area contributed by atoms with E-state index in [9.17, 15) is 9.59 Å². The Kier molecular flexibility index (Phi) is 11.6. The van der Waals surface area contributed by atoms with Crippen LogP contribution in [0.2, 0.25) is 0 Å². The number of rotatable bonds is 14. The van der Waals surface area contributed by atoms with E-state index in [0.29, 0.717) is 26.1 Å². The van der Waals surface area contributed by atoms with E-state index in [1.165, 1.54) is 12.8 Å². The van der Waals surface area contributed by atoms with Crippen LogP contribution in [0.5, 0.6) is 0 Å². The summed E-state index contributed by atoms with van der Waals surface area (Å²) >= 11 is 0. The number of furan rings is 1. The van der Waals surface area contributed by atoms with Crippen molar-refractivity contribution in [2.24, 2.45) is 0 Å². The van der Waals surface area contributed by atoms with Crippen molar-refractivity contribution in [1.29, 1.82) is 0 Å². The van der Waals surface area contributed by atoms with Crippen LogP contribution in [-0.2, 0) is 20.9 Å². The van der Waals surface area contributed by atoms with Gasteiger partial charge in [0, 0.05) is 26.1 Å². The van der Waals surface area contributed by atoms with Crippen LogP contribution in [0.3, 0.4) is 0 Å². The first kappa shape index (κ1) is 24.2. The SMILES string of the molecule is CCCCCCCC(=O)N(CC(=O)N(CCOC)Cc1ccc(C)o1)C(C)C. The molecule has 0 saturated heterocycles. The molecule has 0 bridgehead atoms. The summed E-state index contributed by atoms with van der Waals surface area (Å²) in [6, 6.07) is 3.75. The average molecular weight is 395 g/mol. The minimum atomic E-state index is -0.0841. The Morgan fingerprint density at radius 3 is 2.39 bits per heavy atom. The van der Waals surface area contributed by atoms with Gasteiger partial charge in [0.2, 0.25) is 11.8 Å². The maximum Gasteiger partial charge on any atom is 0.242 e. The Morgan fingerprint density at radius 1 is 1.11 bits per heavy atom. The van der Waals surface area contributed by atoms with Crippen LogP contribution in [-0.4, -0.2) is 54.5 Å². The topological polar surface area (TPSA) is 63.0 Å². The van der Waals surface area contributed by atoms with Crippen molar-refractivity contribution in [3.63, 3.8) is 0 Å². The van der Waals surface area contributed by atoms with Crippen molar-refractivity contribution in [3.8, 4) is 0 Å². The lowest BCUT2D eigenvalue weighted by atomic mass is 10.1. The Hall–Kier alpha value is -1.82. The second kappa shape index (κ2) is 13.4. The molecule has 6 nitrogen and oxygen atoms in total. The van der Waals surface area contributed by atoms with Crippen molar-refractivity contribution in [3.05, 3.63) is 23.7 Å². The molecule has 2 amide bonds. The molecule has 1 aromatic heterocycles. The van der Waals surface area contributed by atoms with Crippen LogP contribution in [0.15, 0.2) is 16.5 Å². The molecule has 0 atom stereocenters. The molecule has 0 aliphatic rings. The molecule has 0 fully saturated rings. The fraction of sp³-hybridized carbons (Fsp3) is 0.727. The normalized spacial score (nSPS) is 11.1. The third-order valence-electron chi connectivity index (χ3n) is 4.80. The smallest absolute Gasteiger partial charge is 0.242 e. The number of hydrogen-bond acceptors (Lipinski definition) is 4. The number of unbranched alkanes of at least 4 members (excludes halogenated alkanes) is 4. The number of nitrogens with zero attached hydrogens (tertiary/aromatic N) is 2. The highest BCUT2D eigenvalue weighted by atomic mass is 16.5. The van der Waals surface area contributed by atoms with Gasteiger partial charge >= 0.3 is 0 Å². The molecular weight excluding hydrogens is 356 g/mol. The van der Waals surface area contributed by atoms with Crippen LogP contribution >= 0.6 is 0 Å². The van der Waals surface area contributed by atoms with Gasteiger partial charge in [-0.1, -0.05) is 32.6 Å². The summed E-state index contributed by atoms with van der Waals surface area (Å²) in [5.41, 5.74) is 0. The molecule has 28 heavy (non-hydrogen) atoms. The molecule has 160 valence electrons. The molecule has 0 radical (unpaired) electrons. The van der Waals surface area contributed by atoms with Crippen LogP contribution in [0.25, 0.3) is 0 Å². The van der Waals surface area contributed by atoms with Gasteiger partial charge in [-0.2, -0.15) is 0 Å². The fourth-order valence-electron chi connectivity index (χ4n) is 3.08. The zero-order valence-corrected chi connectivity index (χ0v) is 18.3. The minimum absolute atomic E-state index is 0.0118. The minimum Gasteiger partial charge on any atom is -0.464 e. The Balaban J connectivity index is 2.66. The number of carbonyl (C=O) groups is 2. The maximum atomic E-state index is 12.9. The predicted molar refractivity (Wildman–Crippen MR) is 111 cm³/mol. The number of aryl methyl sites for hydroxylation is 1. The third-order valence-corrected chi connectivity index (χ3v) is 4.80. The van der Waals surface area contributed by atoms with Gasteiger partial charge in [0.15, 0.2) is 0 Å². The molecule has 0 unspecified atom stereocenters. The molecule has 0 spiro atoms. The number of hydrogen-bond donors (Lipinski definition) is 0. The van der Waals surface area contributed by atoms with Gasteiger partial charge < -0.3 is 19.0 Å². The lowest BCUT2D eigenvalue weighted by Gasteiger charge is -2.30. The van der Waals surface area contributed by atoms with E-state index >= 15 is 0 Å². The van der Waals surface area contributed by atoms with Gasteiger partial charge in [0.05, 0.1) is 19.7 Å². The first-order chi connectivity index (χ1) is 13.4. The number of methoxy groups -OCH3 is 1. The predicted octanol–water partition coefficient (Wildman–Crippen LogP) is 4.16. The molecule has 0 aromatic carbocycles. The van der Waals surface area contributed by atoms with Crippen LogP contribution < -0.4 is 0 Å². The highest BCUT2D eigenvalue weighted by Gasteiger charge is 2.23. The van der Waals surface area contributed by atoms with E-state index < -0.39 is 0 Å². The fourth-order valence-corrected chi connectivity index (χ4v) is 3.08. The first-order valence-corrected chi connectivity index (χ1v) is 10.5. The van der Waals surface area contributed by atoms with Crippen molar-refractivity contribution < 1.29 is 18.7 Å². The molecule has 0 N–H and O–H groups in total. The van der Waals surface area contributed by atoms with Gasteiger partial charge in [-0.05, 0) is 39.3 Å². The maximum absolute atomic E-state index is 12.9. The Bertz CT molecular complexity index is 583. The van der Waals surface area contributed by atoms with E-state index in [0.717, 1.165) is 30.8 Å². The molecule has 0 saturated carbocycles. The molecule has 0 aliphatic carbocycles. The third kappa shape index (κ3) is 8.91. The van der Waals surface area contributed by atoms with Gasteiger partial charge in [-0.25, -0.2) is 0 Å². The quantitative estimate of drug-likeness (QED) is 0.445. The van der Waals surface area contributed by atoms with Gasteiger partial charge in [-0.3, -0.25) is 9.59 Å². The van der Waals surface area contributed by atoms with Gasteiger partial charge in [0.1, 0.15) is 11.5 Å². The molecular formula is C22H38N2O4. The van der Waals surface area contributed by atoms with E-state index in [1.54, 1.807) is 16.9 Å². The number of carbonyl (C=O) groups excluding carboxylic acids is 2. The Labute approximate surface area is 170 Å². The van der Waals surface area contributed by atoms with Crippen LogP contribution in [0, 0.1) is 6.92 Å². The second-order valence-electron chi connectivity index (χ2n) is 7.60. The summed E-state index contributed by atoms with van der Waals surface area (Å²) in [4.78, 5) is 29.0. The summed E-state index contributed by atoms with van der Waals surface area (Å²) in [6.07, 6.45) is 6.02. The van der Waals surface area contributed by atoms with E-state index in [4.69, 9.17) is 9.15 Å². The second-order valence-corrected chi connectivity index (χ2v) is 7.60. The summed E-state index contributed by atoms with van der Waals surface area (Å²) in [6.45, 7) is 9.35. The number of amides is 2. The van der Waals surface area contributed by atoms with Crippen molar-refractivity contribution in [2.75, 3.05) is 26.8 Å². The molecule has 1 heterocycles. The van der Waals surface area contributed by atoms with Gasteiger partial charge in [0.25, 0.3) is 0 Å². The summed E-state index contributed by atoms with van der Waals surface area (Å²) in [5.74, 6) is 1.52. The van der Waals surface area contributed by atoms with Crippen LogP contribution in [0.4, 0.5) is 0 Å². The number of ether oxygens (including phenoxy) is 1. The zero-order valence-electron chi connectivity index (χ0n) is 18.3. The monoisotopic (exact) mass is 394 g/mol. The van der Waals surface area contributed by atoms with E-state index in [2.05, 4.69) is 6.92 Å². The zero-order chi connectivity index (χ0) is 20.9. The van der Waals surface area contributed by atoms with Crippen LogP contribution in [0.1, 0.15) is 70.8 Å². The van der Waals surface area contributed by atoms with Crippen molar-refractivity contribution >= 4 is 11.8 Å². The van der Waals surface area contributed by atoms with E-state index in [-0.39, 0.29) is 24.4 Å². The lowest BCUT2D eigenvalue weighted by Crippen LogP contribution is -2.46. The van der Waals surface area contributed by atoms with E-state index in [1.807, 2.05) is 32.9 Å². The summed E-state index contributed by atoms with van der Waals surface area (Å²) < 4.78 is 10.8. The van der Waals surface area contributed by atoms with Gasteiger partial charge in [-0.15, -0.1) is 0 Å². The van der Waals surface area contributed by atoms with Crippen molar-refractivity contribution in [1.82, 2.24) is 9.80 Å². The highest BCUT2D eigenvalue weighted by molar-refractivity contribution is 5.85. The van der Waals surface area contributed by atoms with Crippen molar-refractivity contribution in [2.45, 2.75) is 78.8 Å². The highest BCUT2D eigenvalue weighted by Crippen LogP contribution is 2.13. The first-order valence-electron chi connectivity index (χ1n) is 10.5. The average Bonchev–Trinajstić information content (AvgIpc) is 3.07. The molecule has 0 aliphatic heterocycles. The lowest BCUT2D eigenvalue weighted by molar-refractivity contribution is -0.142. The Morgan fingerprint density at radius 2 is 1.82 bits per heavy atom. The molecule has 1 rings (SSSR count). The molecule has 1 aromatic rings. The standard InChI is InChI=1S/C22H38N2O4/c1-6-7-8-9-10-11-21(25)24(18(2)3)17-22(26)23(14-15-27-5)16-20-13-12-19(4)28-20/h12-13,18H,6-11,14-17H2,1-5H3. The summed E-state index contributed by atoms with van der Waals surface area (Å²) in [7, 11) is 1.61. The largest absolute Gasteiger partial charge is 0.464 e.